The summed E-state index contributed by atoms with van der Waals surface area (Å²) in [6.45, 7) is 6.98. The fraction of sp³-hybridized carbons (Fsp3) is 0.324. The topological polar surface area (TPSA) is 100 Å². The first kappa shape index (κ1) is 27.2. The third-order valence-electron chi connectivity index (χ3n) is 8.67. The van der Waals surface area contributed by atoms with Gasteiger partial charge in [0.25, 0.3) is 0 Å². The largest absolute Gasteiger partial charge is 0.335 e. The van der Waals surface area contributed by atoms with Gasteiger partial charge in [0.1, 0.15) is 0 Å². The molecular formula is C34H36N8O. The Hall–Kier alpha value is -4.63. The highest BCUT2D eigenvalue weighted by molar-refractivity contribution is 5.98. The van der Waals surface area contributed by atoms with Crippen molar-refractivity contribution in [2.75, 3.05) is 18.4 Å². The molecule has 2 aliphatic heterocycles. The zero-order valence-corrected chi connectivity index (χ0v) is 24.6. The van der Waals surface area contributed by atoms with Crippen LogP contribution >= 0.6 is 0 Å². The van der Waals surface area contributed by atoms with Crippen LogP contribution in [0.3, 0.4) is 0 Å². The van der Waals surface area contributed by atoms with Gasteiger partial charge >= 0.3 is 6.03 Å². The number of likely N-dealkylation sites (tertiary alicyclic amines) is 1. The van der Waals surface area contributed by atoms with Crippen LogP contribution in [0, 0.1) is 12.8 Å². The molecule has 218 valence electrons. The summed E-state index contributed by atoms with van der Waals surface area (Å²) in [5.74, 6) is 2.72. The minimum atomic E-state index is -0.138. The molecule has 9 nitrogen and oxygen atoms in total. The highest BCUT2D eigenvalue weighted by atomic mass is 16.2. The van der Waals surface area contributed by atoms with E-state index in [9.17, 15) is 4.79 Å². The van der Waals surface area contributed by atoms with E-state index in [1.54, 1.807) is 6.20 Å². The van der Waals surface area contributed by atoms with Crippen molar-refractivity contribution < 1.29 is 4.79 Å². The van der Waals surface area contributed by atoms with E-state index < -0.39 is 0 Å². The van der Waals surface area contributed by atoms with Crippen LogP contribution in [0.4, 0.5) is 16.3 Å². The van der Waals surface area contributed by atoms with Crippen molar-refractivity contribution in [1.29, 1.82) is 0 Å². The Kier molecular flexibility index (Phi) is 7.32. The van der Waals surface area contributed by atoms with Crippen molar-refractivity contribution >= 4 is 23.2 Å². The number of nitrogens with zero attached hydrogens (tertiary/aromatic N) is 6. The smallest absolute Gasteiger partial charge is 0.319 e. The lowest BCUT2D eigenvalue weighted by molar-refractivity contribution is 0.190. The molecule has 3 aliphatic rings. The molecule has 2 N–H and O–H groups in total. The van der Waals surface area contributed by atoms with Crippen LogP contribution in [-0.2, 0) is 6.54 Å². The van der Waals surface area contributed by atoms with Gasteiger partial charge in [-0.25, -0.2) is 14.8 Å². The normalized spacial score (nSPS) is 19.9. The summed E-state index contributed by atoms with van der Waals surface area (Å²) in [5.41, 5.74) is 6.21. The monoisotopic (exact) mass is 572 g/mol. The second-order valence-electron chi connectivity index (χ2n) is 11.9. The number of benzene rings is 2. The van der Waals surface area contributed by atoms with E-state index in [1.807, 2.05) is 43.3 Å². The predicted octanol–water partition coefficient (Wildman–Crippen LogP) is 6.19. The van der Waals surface area contributed by atoms with Gasteiger partial charge in [0.15, 0.2) is 17.5 Å². The number of fused-ring (bicyclic) bond motifs is 5. The number of pyridine rings is 1. The molecule has 9 heteroatoms. The van der Waals surface area contributed by atoms with Crippen LogP contribution in [-0.4, -0.2) is 55.5 Å². The molecule has 2 unspecified atom stereocenters. The predicted molar refractivity (Wildman–Crippen MR) is 169 cm³/mol. The lowest BCUT2D eigenvalue weighted by Gasteiger charge is -2.32. The number of urea groups is 1. The Morgan fingerprint density at radius 2 is 1.86 bits per heavy atom. The van der Waals surface area contributed by atoms with Crippen LogP contribution in [0.15, 0.2) is 84.0 Å². The number of aryl methyl sites for hydroxylation is 1. The number of rotatable bonds is 5. The van der Waals surface area contributed by atoms with Crippen LogP contribution in [0.5, 0.6) is 0 Å². The maximum atomic E-state index is 12.5. The van der Waals surface area contributed by atoms with E-state index >= 15 is 0 Å². The Morgan fingerprint density at radius 1 is 1.02 bits per heavy atom. The highest BCUT2D eigenvalue weighted by Gasteiger charge is 2.33. The third kappa shape index (κ3) is 5.60. The fourth-order valence-corrected chi connectivity index (χ4v) is 6.36. The fourth-order valence-electron chi connectivity index (χ4n) is 6.36. The van der Waals surface area contributed by atoms with Gasteiger partial charge in [0.05, 0.1) is 11.6 Å². The van der Waals surface area contributed by atoms with Crippen molar-refractivity contribution in [3.05, 3.63) is 96.0 Å². The first-order valence-corrected chi connectivity index (χ1v) is 15.1. The third-order valence-corrected chi connectivity index (χ3v) is 8.67. The average Bonchev–Trinajstić information content (AvgIpc) is 3.38. The van der Waals surface area contributed by atoms with E-state index in [-0.39, 0.29) is 18.0 Å². The Balaban J connectivity index is 1.02. The summed E-state index contributed by atoms with van der Waals surface area (Å²) in [4.78, 5) is 24.6. The molecule has 1 aliphatic carbocycles. The summed E-state index contributed by atoms with van der Waals surface area (Å²) in [6, 6.07) is 20.5. The van der Waals surface area contributed by atoms with E-state index in [4.69, 9.17) is 10.1 Å². The van der Waals surface area contributed by atoms with Crippen LogP contribution in [0.25, 0.3) is 17.1 Å². The number of anilines is 1. The second kappa shape index (κ2) is 11.6. The van der Waals surface area contributed by atoms with Gasteiger partial charge in [-0.1, -0.05) is 55.5 Å². The number of aliphatic imine (C=N–C) groups is 1. The first-order valence-electron chi connectivity index (χ1n) is 15.1. The van der Waals surface area contributed by atoms with Crippen LogP contribution < -0.4 is 10.6 Å². The minimum Gasteiger partial charge on any atom is -0.335 e. The maximum absolute atomic E-state index is 12.5. The lowest BCUT2D eigenvalue weighted by atomic mass is 9.85. The highest BCUT2D eigenvalue weighted by Crippen LogP contribution is 2.39. The zero-order valence-electron chi connectivity index (χ0n) is 24.6. The molecule has 43 heavy (non-hydrogen) atoms. The molecule has 0 spiro atoms. The average molecular weight is 573 g/mol. The molecule has 4 aromatic rings. The SMILES string of the molecule is Cc1cccc(NC(=O)NC2CCN(Cc3ccc(-c4nnc5n4-c4cccnc4N=C4C(C)CC=CC45)cc3)CC2)c1. The number of allylic oxidation sites excluding steroid dienone is 2. The van der Waals surface area contributed by atoms with E-state index in [2.05, 4.69) is 73.5 Å². The van der Waals surface area contributed by atoms with Gasteiger partial charge in [-0.05, 0) is 67.5 Å². The zero-order chi connectivity index (χ0) is 29.3. The number of hydrogen-bond donors (Lipinski definition) is 2. The Morgan fingerprint density at radius 3 is 2.67 bits per heavy atom. The summed E-state index contributed by atoms with van der Waals surface area (Å²) in [7, 11) is 0. The summed E-state index contributed by atoms with van der Waals surface area (Å²) >= 11 is 0. The molecule has 1 saturated heterocycles. The number of carbonyl (C=O) groups is 1. The molecule has 1 fully saturated rings. The first-order chi connectivity index (χ1) is 21.0. The molecule has 2 aromatic heterocycles. The molecular weight excluding hydrogens is 536 g/mol. The van der Waals surface area contributed by atoms with E-state index in [0.29, 0.717) is 11.7 Å². The van der Waals surface area contributed by atoms with Crippen LogP contribution in [0.2, 0.25) is 0 Å². The Bertz CT molecular complexity index is 1700. The van der Waals surface area contributed by atoms with Crippen molar-refractivity contribution in [3.8, 4) is 17.1 Å². The summed E-state index contributed by atoms with van der Waals surface area (Å²) in [6.07, 6.45) is 9.05. The standard InChI is InChI=1S/C34H36N8O/c1-22-6-3-8-27(20-22)37-34(43)36-26-15-18-41(19-16-26)21-24-11-13-25(14-12-24)32-39-40-33-28-9-4-7-23(2)30(28)38-31-29(42(32)33)10-5-17-35-31/h3-6,8-14,17,20,23,26,28H,7,15-16,18-19,21H2,1-2H3,(H2,36,37,43). The molecule has 7 rings (SSSR count). The summed E-state index contributed by atoms with van der Waals surface area (Å²) < 4.78 is 2.13. The van der Waals surface area contributed by atoms with Crippen LogP contribution in [0.1, 0.15) is 49.1 Å². The van der Waals surface area contributed by atoms with Crippen molar-refractivity contribution in [2.24, 2.45) is 10.9 Å². The van der Waals surface area contributed by atoms with Gasteiger partial charge in [0.2, 0.25) is 0 Å². The quantitative estimate of drug-likeness (QED) is 0.278. The van der Waals surface area contributed by atoms with Crippen molar-refractivity contribution in [3.63, 3.8) is 0 Å². The molecule has 2 aromatic carbocycles. The van der Waals surface area contributed by atoms with Crippen molar-refractivity contribution in [2.45, 2.75) is 51.6 Å². The van der Waals surface area contributed by atoms with Gasteiger partial charge in [-0.15, -0.1) is 10.2 Å². The number of piperidine rings is 1. The van der Waals surface area contributed by atoms with Gasteiger partial charge in [0, 0.05) is 48.8 Å². The van der Waals surface area contributed by atoms with Gasteiger partial charge in [-0.3, -0.25) is 9.47 Å². The second-order valence-corrected chi connectivity index (χ2v) is 11.9. The number of amides is 2. The number of nitrogens with one attached hydrogen (secondary N) is 2. The number of carbonyl (C=O) groups excluding carboxylic acids is 1. The van der Waals surface area contributed by atoms with E-state index in [0.717, 1.165) is 78.8 Å². The molecule has 0 saturated carbocycles. The minimum absolute atomic E-state index is 0.00972. The molecule has 4 heterocycles. The van der Waals surface area contributed by atoms with E-state index in [1.165, 1.54) is 5.56 Å². The molecule has 2 amide bonds. The number of aromatic nitrogens is 4. The molecule has 0 bridgehead atoms. The summed E-state index contributed by atoms with van der Waals surface area (Å²) in [5, 5.41) is 15.5. The number of hydrogen-bond acceptors (Lipinski definition) is 6. The lowest BCUT2D eigenvalue weighted by Crippen LogP contribution is -2.45. The van der Waals surface area contributed by atoms with Gasteiger partial charge < -0.3 is 10.6 Å². The molecule has 0 radical (unpaired) electrons. The maximum Gasteiger partial charge on any atom is 0.319 e. The Labute approximate surface area is 251 Å². The van der Waals surface area contributed by atoms with Crippen molar-refractivity contribution in [1.82, 2.24) is 30.0 Å². The van der Waals surface area contributed by atoms with Gasteiger partial charge in [-0.2, -0.15) is 0 Å². The molecule has 2 atom stereocenters.